The summed E-state index contributed by atoms with van der Waals surface area (Å²) in [6.07, 6.45) is 5.77. The Morgan fingerprint density at radius 2 is 1.86 bits per heavy atom. The Balaban J connectivity index is 1.56. The molecular weight excluding hydrogens is 545 g/mol. The minimum absolute atomic E-state index is 0.297. The Morgan fingerprint density at radius 3 is 2.56 bits per heavy atom. The lowest BCUT2D eigenvalue weighted by atomic mass is 9.96. The molecule has 5 aromatic rings. The van der Waals surface area contributed by atoms with Crippen LogP contribution in [0.5, 0.6) is 5.75 Å². The average Bonchev–Trinajstić information content (AvgIpc) is 3.55. The highest BCUT2D eigenvalue weighted by molar-refractivity contribution is 6.13. The third kappa shape index (κ3) is 5.07. The normalized spacial score (nSPS) is 12.6. The van der Waals surface area contributed by atoms with E-state index in [1.165, 1.54) is 17.7 Å². The Bertz CT molecular complexity index is 2020. The summed E-state index contributed by atoms with van der Waals surface area (Å²) in [6, 6.07) is 15.7. The predicted molar refractivity (Wildman–Crippen MR) is 167 cm³/mol. The number of imidazole rings is 1. The van der Waals surface area contributed by atoms with Gasteiger partial charge in [0.15, 0.2) is 5.49 Å². The molecule has 0 fully saturated rings. The summed E-state index contributed by atoms with van der Waals surface area (Å²) in [5.41, 5.74) is 6.89. The Hall–Kier alpha value is -5.18. The summed E-state index contributed by atoms with van der Waals surface area (Å²) in [5.74, 6) is 1.03. The number of nitrogens with zero attached hydrogens (tertiary/aromatic N) is 3. The highest BCUT2D eigenvalue weighted by Gasteiger charge is 2.24. The summed E-state index contributed by atoms with van der Waals surface area (Å²) < 4.78 is 25.7. The van der Waals surface area contributed by atoms with E-state index < -0.39 is 0 Å². The monoisotopic (exact) mass is 577 g/mol. The van der Waals surface area contributed by atoms with E-state index in [0.29, 0.717) is 44.9 Å². The number of H-pyrrole nitrogens is 1. The third-order valence-electron chi connectivity index (χ3n) is 7.72. The SMILES string of the molecule is CCC1=CN=c2nc(-c3cc(-c4cc5c(C(=O)NC)c(-c6ccc(F)cc6)oc5cc4N(C)C)ccc3OC)[nH]c2=CC1. The Morgan fingerprint density at radius 1 is 1.09 bits per heavy atom. The van der Waals surface area contributed by atoms with Crippen molar-refractivity contribution in [2.45, 2.75) is 19.8 Å². The van der Waals surface area contributed by atoms with E-state index in [-0.39, 0.29) is 11.7 Å². The number of fused-ring (bicyclic) bond motifs is 2. The zero-order valence-electron chi connectivity index (χ0n) is 24.7. The number of methoxy groups -OCH3 is 1. The van der Waals surface area contributed by atoms with Crippen LogP contribution in [0.25, 0.3) is 50.9 Å². The minimum Gasteiger partial charge on any atom is -0.496 e. The largest absolute Gasteiger partial charge is 0.496 e. The van der Waals surface area contributed by atoms with E-state index in [4.69, 9.17) is 14.1 Å². The predicted octanol–water partition coefficient (Wildman–Crippen LogP) is 5.83. The van der Waals surface area contributed by atoms with Gasteiger partial charge in [-0.25, -0.2) is 14.4 Å². The molecule has 1 amide bonds. The molecule has 9 heteroatoms. The zero-order chi connectivity index (χ0) is 30.2. The molecule has 0 saturated carbocycles. The minimum atomic E-state index is -0.365. The van der Waals surface area contributed by atoms with Gasteiger partial charge in [-0.05, 0) is 66.4 Å². The summed E-state index contributed by atoms with van der Waals surface area (Å²) in [5, 5.41) is 4.25. The number of carbonyl (C=O) groups is 1. The van der Waals surface area contributed by atoms with Crippen LogP contribution < -0.4 is 25.8 Å². The number of hydrogen-bond donors (Lipinski definition) is 2. The van der Waals surface area contributed by atoms with E-state index >= 15 is 0 Å². The van der Waals surface area contributed by atoms with Gasteiger partial charge >= 0.3 is 0 Å². The van der Waals surface area contributed by atoms with E-state index in [1.807, 2.05) is 55.5 Å². The second-order valence-electron chi connectivity index (χ2n) is 10.6. The number of anilines is 1. The van der Waals surface area contributed by atoms with E-state index in [2.05, 4.69) is 28.3 Å². The fourth-order valence-electron chi connectivity index (χ4n) is 5.37. The first kappa shape index (κ1) is 28.0. The fourth-order valence-corrected chi connectivity index (χ4v) is 5.37. The topological polar surface area (TPSA) is 95.8 Å². The molecule has 3 heterocycles. The van der Waals surface area contributed by atoms with Crippen molar-refractivity contribution in [2.24, 2.45) is 4.99 Å². The Labute approximate surface area is 248 Å². The van der Waals surface area contributed by atoms with Crippen LogP contribution in [-0.4, -0.2) is 44.1 Å². The van der Waals surface area contributed by atoms with Crippen LogP contribution in [0, 0.1) is 5.82 Å². The van der Waals surface area contributed by atoms with Crippen molar-refractivity contribution in [1.29, 1.82) is 0 Å². The molecule has 3 aromatic carbocycles. The number of amides is 1. The molecule has 0 bridgehead atoms. The Kier molecular flexibility index (Phi) is 7.31. The third-order valence-corrected chi connectivity index (χ3v) is 7.72. The number of rotatable bonds is 7. The smallest absolute Gasteiger partial charge is 0.255 e. The highest BCUT2D eigenvalue weighted by Crippen LogP contribution is 2.42. The number of furan rings is 1. The first-order valence-electron chi connectivity index (χ1n) is 14.1. The van der Waals surface area contributed by atoms with Crippen LogP contribution in [-0.2, 0) is 0 Å². The van der Waals surface area contributed by atoms with Crippen molar-refractivity contribution in [3.8, 4) is 39.6 Å². The molecule has 1 aliphatic heterocycles. The number of carbonyl (C=O) groups excluding carboxylic acids is 1. The van der Waals surface area contributed by atoms with Gasteiger partial charge in [-0.2, -0.15) is 0 Å². The maximum atomic E-state index is 13.7. The molecule has 43 heavy (non-hydrogen) atoms. The van der Waals surface area contributed by atoms with Crippen molar-refractivity contribution >= 4 is 28.6 Å². The molecule has 2 aromatic heterocycles. The molecule has 0 saturated heterocycles. The molecule has 0 radical (unpaired) electrons. The number of aromatic nitrogens is 2. The van der Waals surface area contributed by atoms with Crippen molar-refractivity contribution in [3.63, 3.8) is 0 Å². The lowest BCUT2D eigenvalue weighted by Gasteiger charge is -2.19. The molecular formula is C34H32FN5O3. The lowest BCUT2D eigenvalue weighted by Crippen LogP contribution is -2.23. The lowest BCUT2D eigenvalue weighted by molar-refractivity contribution is 0.0964. The van der Waals surface area contributed by atoms with Gasteiger partial charge in [0.25, 0.3) is 5.91 Å². The number of benzene rings is 3. The van der Waals surface area contributed by atoms with E-state index in [1.54, 1.807) is 26.3 Å². The number of allylic oxidation sites excluding steroid dienone is 1. The van der Waals surface area contributed by atoms with Crippen molar-refractivity contribution in [3.05, 3.63) is 88.6 Å². The van der Waals surface area contributed by atoms with Gasteiger partial charge in [-0.15, -0.1) is 0 Å². The second kappa shape index (κ2) is 11.2. The van der Waals surface area contributed by atoms with E-state index in [0.717, 1.165) is 40.6 Å². The first-order valence-corrected chi connectivity index (χ1v) is 14.1. The molecule has 1 aliphatic rings. The van der Waals surface area contributed by atoms with Gasteiger partial charge in [0.05, 0.1) is 23.6 Å². The van der Waals surface area contributed by atoms with Gasteiger partial charge < -0.3 is 24.4 Å². The van der Waals surface area contributed by atoms with Crippen molar-refractivity contribution < 1.29 is 18.3 Å². The molecule has 6 rings (SSSR count). The van der Waals surface area contributed by atoms with Gasteiger partial charge in [-0.3, -0.25) is 4.79 Å². The van der Waals surface area contributed by atoms with Gasteiger partial charge in [0.1, 0.15) is 28.7 Å². The number of halogens is 1. The summed E-state index contributed by atoms with van der Waals surface area (Å²) in [4.78, 5) is 28.0. The number of nitrogens with one attached hydrogen (secondary N) is 2. The molecule has 0 atom stereocenters. The van der Waals surface area contributed by atoms with E-state index in [9.17, 15) is 9.18 Å². The van der Waals surface area contributed by atoms with Crippen LogP contribution in [0.1, 0.15) is 30.1 Å². The molecule has 0 unspecified atom stereocenters. The van der Waals surface area contributed by atoms with Gasteiger partial charge in [0.2, 0.25) is 0 Å². The first-order chi connectivity index (χ1) is 20.8. The van der Waals surface area contributed by atoms with Gasteiger partial charge in [-0.1, -0.05) is 19.1 Å². The number of ether oxygens (including phenoxy) is 1. The quantitative estimate of drug-likeness (QED) is 0.254. The summed E-state index contributed by atoms with van der Waals surface area (Å²) >= 11 is 0. The van der Waals surface area contributed by atoms with Crippen molar-refractivity contribution in [2.75, 3.05) is 33.2 Å². The number of hydrogen-bond acceptors (Lipinski definition) is 6. The summed E-state index contributed by atoms with van der Waals surface area (Å²) in [7, 11) is 7.12. The van der Waals surface area contributed by atoms with Crippen LogP contribution >= 0.6 is 0 Å². The van der Waals surface area contributed by atoms with Crippen LogP contribution in [0.15, 0.2) is 75.8 Å². The zero-order valence-corrected chi connectivity index (χ0v) is 24.7. The number of aromatic amines is 1. The molecule has 218 valence electrons. The highest BCUT2D eigenvalue weighted by atomic mass is 19.1. The fraction of sp³-hybridized carbons (Fsp3) is 0.206. The van der Waals surface area contributed by atoms with Crippen LogP contribution in [0.4, 0.5) is 10.1 Å². The maximum absolute atomic E-state index is 13.7. The molecule has 0 aliphatic carbocycles. The molecule has 8 nitrogen and oxygen atoms in total. The average molecular weight is 578 g/mol. The second-order valence-corrected chi connectivity index (χ2v) is 10.6. The van der Waals surface area contributed by atoms with Gasteiger partial charge in [0, 0.05) is 55.6 Å². The van der Waals surface area contributed by atoms with Crippen LogP contribution in [0.3, 0.4) is 0 Å². The van der Waals surface area contributed by atoms with Crippen molar-refractivity contribution in [1.82, 2.24) is 15.3 Å². The molecule has 0 spiro atoms. The maximum Gasteiger partial charge on any atom is 0.255 e. The standard InChI is InChI=1S/C34H32FN5O3/c1-6-19-7-13-26-33(37-18-19)39-32(38-26)25-15-21(10-14-28(25)42-5)23-16-24-29(17-27(23)40(3)4)43-31(30(24)34(41)36-2)20-8-11-22(35)12-9-20/h8-18H,6-7H2,1-5H3,(H,36,41)(H,37,38,39). The molecule has 2 N–H and O–H groups in total. The summed E-state index contributed by atoms with van der Waals surface area (Å²) in [6.45, 7) is 2.12. The van der Waals surface area contributed by atoms with Crippen LogP contribution in [0.2, 0.25) is 0 Å².